The molecule has 2 heterocycles. The Morgan fingerprint density at radius 2 is 1.82 bits per heavy atom. The molecular formula is C26H27N3O3S. The summed E-state index contributed by atoms with van der Waals surface area (Å²) in [5, 5.41) is 4.77. The van der Waals surface area contributed by atoms with Crippen LogP contribution in [0.2, 0.25) is 0 Å². The number of nitrogens with zero attached hydrogens (tertiary/aromatic N) is 2. The predicted octanol–water partition coefficient (Wildman–Crippen LogP) is 3.97. The molecule has 6 nitrogen and oxygen atoms in total. The Morgan fingerprint density at radius 3 is 2.58 bits per heavy atom. The fraction of sp³-hybridized carbons (Fsp3) is 0.269. The number of hydrogen-bond donors (Lipinski definition) is 1. The molecule has 0 radical (unpaired) electrons. The van der Waals surface area contributed by atoms with Crippen molar-refractivity contribution in [3.63, 3.8) is 0 Å². The highest BCUT2D eigenvalue weighted by Gasteiger charge is 2.19. The van der Waals surface area contributed by atoms with Gasteiger partial charge in [0.05, 0.1) is 11.2 Å². The van der Waals surface area contributed by atoms with Gasteiger partial charge in [-0.15, -0.1) is 11.3 Å². The summed E-state index contributed by atoms with van der Waals surface area (Å²) in [5.41, 5.74) is 3.16. The summed E-state index contributed by atoms with van der Waals surface area (Å²) >= 11 is 1.28. The molecule has 1 unspecified atom stereocenters. The van der Waals surface area contributed by atoms with Crippen LogP contribution >= 0.6 is 11.3 Å². The summed E-state index contributed by atoms with van der Waals surface area (Å²) in [4.78, 5) is 39.5. The van der Waals surface area contributed by atoms with E-state index >= 15 is 0 Å². The van der Waals surface area contributed by atoms with Crippen molar-refractivity contribution in [3.05, 3.63) is 97.5 Å². The molecule has 1 amide bonds. The first kappa shape index (κ1) is 22.7. The second-order valence-corrected chi connectivity index (χ2v) is 9.34. The van der Waals surface area contributed by atoms with Crippen molar-refractivity contribution in [2.24, 2.45) is 0 Å². The van der Waals surface area contributed by atoms with Crippen molar-refractivity contribution in [1.29, 1.82) is 0 Å². The maximum Gasteiger partial charge on any atom is 0.336 e. The second kappa shape index (κ2) is 9.58. The Morgan fingerprint density at radius 1 is 1.06 bits per heavy atom. The standard InChI is InChI=1S/C26H27N3O3S/c1-17-9-10-18(2)22(15-17)29-25(31)24-21(13-14-33-24)28(26(29)32)16-23(30)27-19(3)11-12-20-7-5-4-6-8-20/h4-10,13-15,19H,11-12,16H2,1-3H3,(H,27,30). The van der Waals surface area contributed by atoms with Gasteiger partial charge in [-0.05, 0) is 67.8 Å². The topological polar surface area (TPSA) is 73.1 Å². The lowest BCUT2D eigenvalue weighted by atomic mass is 10.1. The molecule has 1 atom stereocenters. The highest BCUT2D eigenvalue weighted by molar-refractivity contribution is 7.17. The summed E-state index contributed by atoms with van der Waals surface area (Å²) in [6, 6.07) is 17.5. The van der Waals surface area contributed by atoms with Gasteiger partial charge in [0, 0.05) is 6.04 Å². The van der Waals surface area contributed by atoms with E-state index in [4.69, 9.17) is 0 Å². The minimum atomic E-state index is -0.508. The van der Waals surface area contributed by atoms with Crippen molar-refractivity contribution in [1.82, 2.24) is 14.5 Å². The molecule has 0 spiro atoms. The zero-order valence-corrected chi connectivity index (χ0v) is 19.8. The zero-order chi connectivity index (χ0) is 23.5. The Kier molecular flexibility index (Phi) is 6.60. The van der Waals surface area contributed by atoms with Crippen LogP contribution < -0.4 is 16.6 Å². The van der Waals surface area contributed by atoms with Crippen molar-refractivity contribution in [2.45, 2.75) is 46.2 Å². The molecular weight excluding hydrogens is 434 g/mol. The first-order valence-corrected chi connectivity index (χ1v) is 11.9. The highest BCUT2D eigenvalue weighted by atomic mass is 32.1. The van der Waals surface area contributed by atoms with Crippen LogP contribution in [0.4, 0.5) is 0 Å². The van der Waals surface area contributed by atoms with Gasteiger partial charge in [0.25, 0.3) is 5.56 Å². The SMILES string of the molecule is Cc1ccc(C)c(-n2c(=O)c3sccc3n(CC(=O)NC(C)CCc3ccccc3)c2=O)c1. The molecule has 4 rings (SSSR count). The minimum Gasteiger partial charge on any atom is -0.352 e. The highest BCUT2D eigenvalue weighted by Crippen LogP contribution is 2.18. The van der Waals surface area contributed by atoms with Gasteiger partial charge >= 0.3 is 5.69 Å². The van der Waals surface area contributed by atoms with Crippen LogP contribution in [0.15, 0.2) is 69.6 Å². The quantitative estimate of drug-likeness (QED) is 0.453. The number of aryl methyl sites for hydroxylation is 3. The van der Waals surface area contributed by atoms with Crippen molar-refractivity contribution in [3.8, 4) is 5.69 Å². The van der Waals surface area contributed by atoms with Crippen molar-refractivity contribution in [2.75, 3.05) is 0 Å². The van der Waals surface area contributed by atoms with E-state index in [0.717, 1.165) is 24.0 Å². The Labute approximate surface area is 196 Å². The van der Waals surface area contributed by atoms with Crippen LogP contribution in [-0.2, 0) is 17.8 Å². The van der Waals surface area contributed by atoms with Gasteiger partial charge in [0.1, 0.15) is 11.2 Å². The lowest BCUT2D eigenvalue weighted by molar-refractivity contribution is -0.122. The van der Waals surface area contributed by atoms with Gasteiger partial charge < -0.3 is 5.32 Å². The lowest BCUT2D eigenvalue weighted by Crippen LogP contribution is -2.43. The molecule has 33 heavy (non-hydrogen) atoms. The number of fused-ring (bicyclic) bond motifs is 1. The third kappa shape index (κ3) is 4.83. The third-order valence-electron chi connectivity index (χ3n) is 5.78. The third-order valence-corrected chi connectivity index (χ3v) is 6.67. The number of carbonyl (C=O) groups is 1. The summed E-state index contributed by atoms with van der Waals surface area (Å²) in [6.07, 6.45) is 1.65. The van der Waals surface area contributed by atoms with Crippen LogP contribution in [0.1, 0.15) is 30.0 Å². The lowest BCUT2D eigenvalue weighted by Gasteiger charge is -2.17. The number of aromatic nitrogens is 2. The average Bonchev–Trinajstić information content (AvgIpc) is 3.28. The molecule has 7 heteroatoms. The molecule has 0 aliphatic heterocycles. The van der Waals surface area contributed by atoms with E-state index in [1.807, 2.05) is 57.2 Å². The first-order chi connectivity index (χ1) is 15.8. The second-order valence-electron chi connectivity index (χ2n) is 8.43. The maximum absolute atomic E-state index is 13.4. The van der Waals surface area contributed by atoms with E-state index in [-0.39, 0.29) is 24.1 Å². The molecule has 1 N–H and O–H groups in total. The molecule has 170 valence electrons. The van der Waals surface area contributed by atoms with Gasteiger partial charge in [-0.2, -0.15) is 0 Å². The summed E-state index contributed by atoms with van der Waals surface area (Å²) in [6.45, 7) is 5.60. The Balaban J connectivity index is 1.62. The van der Waals surface area contributed by atoms with Crippen LogP contribution in [0.3, 0.4) is 0 Å². The number of amides is 1. The first-order valence-electron chi connectivity index (χ1n) is 11.0. The molecule has 0 aliphatic carbocycles. The van der Waals surface area contributed by atoms with E-state index in [1.54, 1.807) is 11.4 Å². The van der Waals surface area contributed by atoms with E-state index in [2.05, 4.69) is 17.4 Å². The van der Waals surface area contributed by atoms with E-state index < -0.39 is 5.69 Å². The number of nitrogens with one attached hydrogen (secondary N) is 1. The normalized spacial score (nSPS) is 12.1. The van der Waals surface area contributed by atoms with Gasteiger partial charge in [0.15, 0.2) is 0 Å². The number of carbonyl (C=O) groups excluding carboxylic acids is 1. The number of rotatable bonds is 7. The number of benzene rings is 2. The van der Waals surface area contributed by atoms with E-state index in [0.29, 0.717) is 15.9 Å². The van der Waals surface area contributed by atoms with Crippen LogP contribution in [0.5, 0.6) is 0 Å². The van der Waals surface area contributed by atoms with Gasteiger partial charge in [-0.3, -0.25) is 14.2 Å². The van der Waals surface area contributed by atoms with Crippen LogP contribution in [-0.4, -0.2) is 21.1 Å². The van der Waals surface area contributed by atoms with Gasteiger partial charge in [0.2, 0.25) is 5.91 Å². The molecule has 0 saturated carbocycles. The Hall–Kier alpha value is -3.45. The smallest absolute Gasteiger partial charge is 0.336 e. The fourth-order valence-electron chi connectivity index (χ4n) is 3.98. The number of hydrogen-bond acceptors (Lipinski definition) is 4. The summed E-state index contributed by atoms with van der Waals surface area (Å²) in [7, 11) is 0. The fourth-order valence-corrected chi connectivity index (χ4v) is 4.80. The molecule has 0 saturated heterocycles. The summed E-state index contributed by atoms with van der Waals surface area (Å²) in [5.74, 6) is -0.253. The van der Waals surface area contributed by atoms with Gasteiger partial charge in [-0.1, -0.05) is 42.5 Å². The van der Waals surface area contributed by atoms with Crippen LogP contribution in [0.25, 0.3) is 15.9 Å². The molecule has 0 bridgehead atoms. The summed E-state index contributed by atoms with van der Waals surface area (Å²) < 4.78 is 3.04. The minimum absolute atomic E-state index is 0.0451. The Bertz CT molecular complexity index is 1420. The predicted molar refractivity (Wildman–Crippen MR) is 134 cm³/mol. The molecule has 0 aliphatic rings. The molecule has 0 fully saturated rings. The van der Waals surface area contributed by atoms with Crippen molar-refractivity contribution >= 4 is 27.5 Å². The van der Waals surface area contributed by atoms with Crippen molar-refractivity contribution < 1.29 is 4.79 Å². The van der Waals surface area contributed by atoms with E-state index in [1.165, 1.54) is 26.0 Å². The average molecular weight is 462 g/mol. The van der Waals surface area contributed by atoms with Gasteiger partial charge in [-0.25, -0.2) is 9.36 Å². The number of thiophene rings is 1. The molecule has 4 aromatic rings. The maximum atomic E-state index is 13.4. The largest absolute Gasteiger partial charge is 0.352 e. The molecule has 2 aromatic carbocycles. The van der Waals surface area contributed by atoms with E-state index in [9.17, 15) is 14.4 Å². The zero-order valence-electron chi connectivity index (χ0n) is 19.0. The molecule has 2 aromatic heterocycles. The monoisotopic (exact) mass is 461 g/mol. The van der Waals surface area contributed by atoms with Crippen LogP contribution in [0, 0.1) is 13.8 Å².